The van der Waals surface area contributed by atoms with Gasteiger partial charge in [0.15, 0.2) is 4.47 Å². The van der Waals surface area contributed by atoms with Gasteiger partial charge in [-0.15, -0.1) is 11.3 Å². The molecule has 2 N–H and O–H groups in total. The number of hydrogen-bond acceptors (Lipinski definition) is 6. The van der Waals surface area contributed by atoms with E-state index in [1.807, 2.05) is 0 Å². The standard InChI is InChI=1S/C12H14ClN3O3S2/c1-19-8-3-4-10(16-21(2,17)18)11(5-8)14-6-9-7-15-12(13)20-9/h3-5,7,14,16H,6H2,1-2H3. The molecule has 9 heteroatoms. The number of methoxy groups -OCH3 is 1. The highest BCUT2D eigenvalue weighted by Gasteiger charge is 2.09. The van der Waals surface area contributed by atoms with Crippen LogP contribution in [0, 0.1) is 0 Å². The highest BCUT2D eigenvalue weighted by atomic mass is 35.5. The van der Waals surface area contributed by atoms with E-state index in [0.29, 0.717) is 28.1 Å². The summed E-state index contributed by atoms with van der Waals surface area (Å²) in [5.41, 5.74) is 1.07. The maximum Gasteiger partial charge on any atom is 0.229 e. The maximum absolute atomic E-state index is 11.4. The molecule has 1 aromatic heterocycles. The number of benzene rings is 1. The second kappa shape index (κ2) is 6.50. The second-order valence-electron chi connectivity index (χ2n) is 4.22. The van der Waals surface area contributed by atoms with Crippen LogP contribution in [0.2, 0.25) is 4.47 Å². The summed E-state index contributed by atoms with van der Waals surface area (Å²) in [4.78, 5) is 4.89. The van der Waals surface area contributed by atoms with Crippen LogP contribution in [0.15, 0.2) is 24.4 Å². The molecule has 0 fully saturated rings. The number of halogens is 1. The Kier molecular flexibility index (Phi) is 4.92. The lowest BCUT2D eigenvalue weighted by atomic mass is 10.2. The van der Waals surface area contributed by atoms with Gasteiger partial charge in [-0.2, -0.15) is 0 Å². The van der Waals surface area contributed by atoms with Gasteiger partial charge < -0.3 is 10.1 Å². The predicted molar refractivity (Wildman–Crippen MR) is 85.9 cm³/mol. The van der Waals surface area contributed by atoms with E-state index in [1.54, 1.807) is 31.5 Å². The lowest BCUT2D eigenvalue weighted by Gasteiger charge is -2.13. The lowest BCUT2D eigenvalue weighted by Crippen LogP contribution is -2.12. The quantitative estimate of drug-likeness (QED) is 0.839. The van der Waals surface area contributed by atoms with E-state index >= 15 is 0 Å². The highest BCUT2D eigenvalue weighted by molar-refractivity contribution is 7.92. The van der Waals surface area contributed by atoms with Crippen molar-refractivity contribution in [3.05, 3.63) is 33.7 Å². The molecule has 0 saturated heterocycles. The number of nitrogens with one attached hydrogen (secondary N) is 2. The summed E-state index contributed by atoms with van der Waals surface area (Å²) in [7, 11) is -1.81. The summed E-state index contributed by atoms with van der Waals surface area (Å²) in [6.45, 7) is 0.482. The van der Waals surface area contributed by atoms with Gasteiger partial charge in [-0.3, -0.25) is 4.72 Å². The molecule has 21 heavy (non-hydrogen) atoms. The van der Waals surface area contributed by atoms with E-state index in [4.69, 9.17) is 16.3 Å². The van der Waals surface area contributed by atoms with Gasteiger partial charge in [-0.1, -0.05) is 11.6 Å². The molecule has 1 aromatic carbocycles. The van der Waals surface area contributed by atoms with Crippen molar-refractivity contribution in [2.45, 2.75) is 6.54 Å². The fourth-order valence-electron chi connectivity index (χ4n) is 1.63. The van der Waals surface area contributed by atoms with Crippen molar-refractivity contribution in [3.63, 3.8) is 0 Å². The van der Waals surface area contributed by atoms with Crippen molar-refractivity contribution in [2.24, 2.45) is 0 Å². The zero-order valence-electron chi connectivity index (χ0n) is 11.4. The van der Waals surface area contributed by atoms with E-state index in [-0.39, 0.29) is 0 Å². The van der Waals surface area contributed by atoms with Gasteiger partial charge in [0, 0.05) is 17.1 Å². The Labute approximate surface area is 132 Å². The van der Waals surface area contributed by atoms with Crippen molar-refractivity contribution < 1.29 is 13.2 Å². The number of aromatic nitrogens is 1. The van der Waals surface area contributed by atoms with Crippen molar-refractivity contribution in [1.29, 1.82) is 0 Å². The van der Waals surface area contributed by atoms with E-state index in [1.165, 1.54) is 11.3 Å². The highest BCUT2D eigenvalue weighted by Crippen LogP contribution is 2.29. The van der Waals surface area contributed by atoms with Crippen molar-refractivity contribution >= 4 is 44.3 Å². The number of ether oxygens (including phenoxy) is 1. The number of sulfonamides is 1. The Bertz CT molecular complexity index is 731. The minimum atomic E-state index is -3.36. The average Bonchev–Trinajstić information content (AvgIpc) is 2.82. The Morgan fingerprint density at radius 2 is 2.14 bits per heavy atom. The number of nitrogens with zero attached hydrogens (tertiary/aromatic N) is 1. The molecule has 0 amide bonds. The number of thiazole rings is 1. The SMILES string of the molecule is COc1ccc(NS(C)(=O)=O)c(NCc2cnc(Cl)s2)c1. The summed E-state index contributed by atoms with van der Waals surface area (Å²) in [6, 6.07) is 5.04. The van der Waals surface area contributed by atoms with E-state index < -0.39 is 10.0 Å². The molecule has 2 aromatic rings. The van der Waals surface area contributed by atoms with Crippen LogP contribution in [0.4, 0.5) is 11.4 Å². The van der Waals surface area contributed by atoms with E-state index in [0.717, 1.165) is 11.1 Å². The molecule has 0 aliphatic carbocycles. The molecule has 0 spiro atoms. The first-order chi connectivity index (χ1) is 9.87. The summed E-state index contributed by atoms with van der Waals surface area (Å²) < 4.78 is 30.8. The Morgan fingerprint density at radius 1 is 1.38 bits per heavy atom. The van der Waals surface area contributed by atoms with Crippen LogP contribution >= 0.6 is 22.9 Å². The van der Waals surface area contributed by atoms with Crippen LogP contribution in [0.3, 0.4) is 0 Å². The lowest BCUT2D eigenvalue weighted by molar-refractivity contribution is 0.415. The van der Waals surface area contributed by atoms with Gasteiger partial charge in [0.25, 0.3) is 0 Å². The average molecular weight is 348 g/mol. The van der Waals surface area contributed by atoms with Gasteiger partial charge in [0.2, 0.25) is 10.0 Å². The van der Waals surface area contributed by atoms with Crippen LogP contribution in [0.25, 0.3) is 0 Å². The fourth-order valence-corrected chi connectivity index (χ4v) is 3.13. The molecule has 6 nitrogen and oxygen atoms in total. The van der Waals surface area contributed by atoms with Crippen LogP contribution in [-0.2, 0) is 16.6 Å². The molecule has 0 unspecified atom stereocenters. The van der Waals surface area contributed by atoms with Crippen LogP contribution in [-0.4, -0.2) is 26.8 Å². The van der Waals surface area contributed by atoms with Crippen molar-refractivity contribution in [1.82, 2.24) is 4.98 Å². The first-order valence-electron chi connectivity index (χ1n) is 5.87. The number of hydrogen-bond donors (Lipinski definition) is 2. The summed E-state index contributed by atoms with van der Waals surface area (Å²) >= 11 is 7.13. The maximum atomic E-state index is 11.4. The zero-order chi connectivity index (χ0) is 15.5. The Morgan fingerprint density at radius 3 is 2.71 bits per heavy atom. The van der Waals surface area contributed by atoms with Gasteiger partial charge in [0.1, 0.15) is 5.75 Å². The molecule has 0 aliphatic rings. The topological polar surface area (TPSA) is 80.3 Å². The summed E-state index contributed by atoms with van der Waals surface area (Å²) in [5.74, 6) is 0.624. The van der Waals surface area contributed by atoms with E-state index in [9.17, 15) is 8.42 Å². The fraction of sp³-hybridized carbons (Fsp3) is 0.250. The van der Waals surface area contributed by atoms with Gasteiger partial charge in [0.05, 0.1) is 31.3 Å². The van der Waals surface area contributed by atoms with Crippen molar-refractivity contribution in [3.8, 4) is 5.75 Å². The molecule has 0 atom stereocenters. The third-order valence-electron chi connectivity index (χ3n) is 2.50. The van der Waals surface area contributed by atoms with Gasteiger partial charge in [-0.05, 0) is 12.1 Å². The minimum Gasteiger partial charge on any atom is -0.497 e. The Hall–Kier alpha value is -1.51. The predicted octanol–water partition coefficient (Wildman–Crippen LogP) is 2.79. The number of anilines is 2. The molecule has 2 rings (SSSR count). The zero-order valence-corrected chi connectivity index (χ0v) is 13.8. The third-order valence-corrected chi connectivity index (χ3v) is 4.21. The molecule has 1 heterocycles. The molecule has 0 saturated carbocycles. The van der Waals surface area contributed by atoms with Gasteiger partial charge in [-0.25, -0.2) is 13.4 Å². The van der Waals surface area contributed by atoms with E-state index in [2.05, 4.69) is 15.0 Å². The monoisotopic (exact) mass is 347 g/mol. The van der Waals surface area contributed by atoms with Crippen LogP contribution < -0.4 is 14.8 Å². The largest absolute Gasteiger partial charge is 0.497 e. The second-order valence-corrected chi connectivity index (χ2v) is 7.66. The molecular formula is C12H14ClN3O3S2. The summed E-state index contributed by atoms with van der Waals surface area (Å²) in [5, 5.41) is 3.15. The molecule has 0 bridgehead atoms. The molecule has 0 radical (unpaired) electrons. The minimum absolute atomic E-state index is 0.453. The van der Waals surface area contributed by atoms with Crippen molar-refractivity contribution in [2.75, 3.05) is 23.4 Å². The first kappa shape index (κ1) is 15.9. The molecular weight excluding hydrogens is 334 g/mol. The normalized spacial score (nSPS) is 11.2. The van der Waals surface area contributed by atoms with Crippen LogP contribution in [0.5, 0.6) is 5.75 Å². The smallest absolute Gasteiger partial charge is 0.229 e. The third kappa shape index (κ3) is 4.76. The number of rotatable bonds is 6. The summed E-state index contributed by atoms with van der Waals surface area (Å²) in [6.07, 6.45) is 2.77. The van der Waals surface area contributed by atoms with Crippen LogP contribution in [0.1, 0.15) is 4.88 Å². The molecule has 0 aliphatic heterocycles. The Balaban J connectivity index is 2.22. The van der Waals surface area contributed by atoms with Gasteiger partial charge >= 0.3 is 0 Å². The molecule has 114 valence electrons. The first-order valence-corrected chi connectivity index (χ1v) is 8.96.